The Morgan fingerprint density at radius 3 is 1.71 bits per heavy atom. The van der Waals surface area contributed by atoms with E-state index in [1.165, 1.54) is 0 Å². The van der Waals surface area contributed by atoms with Crippen LogP contribution < -0.4 is 4.74 Å². The zero-order valence-corrected chi connectivity index (χ0v) is 13.8. The number of carbonyl (C=O) groups excluding carboxylic acids is 1. The van der Waals surface area contributed by atoms with Crippen LogP contribution in [0.5, 0.6) is 5.75 Å². The summed E-state index contributed by atoms with van der Waals surface area (Å²) in [5.41, 5.74) is -1.82. The maximum atomic E-state index is 13.6. The van der Waals surface area contributed by atoms with E-state index >= 15 is 0 Å². The van der Waals surface area contributed by atoms with Crippen molar-refractivity contribution in [2.45, 2.75) is 0 Å². The van der Waals surface area contributed by atoms with E-state index in [0.29, 0.717) is 0 Å². The molecule has 0 aliphatic carbocycles. The summed E-state index contributed by atoms with van der Waals surface area (Å²) < 4.78 is 70.9. The summed E-state index contributed by atoms with van der Waals surface area (Å²) in [4.78, 5) is 11.8. The van der Waals surface area contributed by atoms with Gasteiger partial charge in [0.2, 0.25) is 5.82 Å². The standard InChI is InChI=1S/C13HCl4F5O2/c14-2-1-3(15)12(6(17)5(2)16)24-13(23)4-7(18)9(20)11(22)10(21)8(4)19/h1H. The number of ether oxygens (including phenoxy) is 1. The highest BCUT2D eigenvalue weighted by Crippen LogP contribution is 2.43. The van der Waals surface area contributed by atoms with Crippen LogP contribution in [0, 0.1) is 29.1 Å². The summed E-state index contributed by atoms with van der Waals surface area (Å²) in [6, 6.07) is 0.998. The second-order valence-corrected chi connectivity index (χ2v) is 5.70. The van der Waals surface area contributed by atoms with Gasteiger partial charge in [0.15, 0.2) is 29.0 Å². The van der Waals surface area contributed by atoms with Crippen LogP contribution in [0.4, 0.5) is 22.0 Å². The molecular weight excluding hydrogens is 425 g/mol. The van der Waals surface area contributed by atoms with Crippen LogP contribution in [0.3, 0.4) is 0 Å². The molecule has 0 spiro atoms. The van der Waals surface area contributed by atoms with Gasteiger partial charge in [-0.05, 0) is 6.07 Å². The third-order valence-corrected chi connectivity index (χ3v) is 4.21. The minimum atomic E-state index is -2.42. The highest BCUT2D eigenvalue weighted by molar-refractivity contribution is 6.50. The van der Waals surface area contributed by atoms with Crippen LogP contribution in [0.1, 0.15) is 10.4 Å². The Labute approximate surface area is 150 Å². The van der Waals surface area contributed by atoms with Crippen molar-refractivity contribution >= 4 is 52.4 Å². The molecule has 128 valence electrons. The van der Waals surface area contributed by atoms with Crippen LogP contribution in [0.15, 0.2) is 6.07 Å². The monoisotopic (exact) mass is 424 g/mol. The summed E-state index contributed by atoms with van der Waals surface area (Å²) in [5, 5.41) is -1.30. The van der Waals surface area contributed by atoms with Crippen molar-refractivity contribution < 1.29 is 31.5 Å². The van der Waals surface area contributed by atoms with E-state index < -0.39 is 51.4 Å². The summed E-state index contributed by atoms with van der Waals surface area (Å²) in [6.07, 6.45) is 0. The van der Waals surface area contributed by atoms with Crippen molar-refractivity contribution in [2.75, 3.05) is 0 Å². The van der Waals surface area contributed by atoms with Gasteiger partial charge in [0.1, 0.15) is 10.6 Å². The summed E-state index contributed by atoms with van der Waals surface area (Å²) in [6.45, 7) is 0. The van der Waals surface area contributed by atoms with Gasteiger partial charge in [0.05, 0.1) is 15.1 Å². The molecule has 2 aromatic rings. The lowest BCUT2D eigenvalue weighted by atomic mass is 10.1. The molecular formula is C13HCl4F5O2. The minimum Gasteiger partial charge on any atom is -0.420 e. The van der Waals surface area contributed by atoms with Crippen molar-refractivity contribution in [3.63, 3.8) is 0 Å². The van der Waals surface area contributed by atoms with Crippen LogP contribution in [-0.2, 0) is 0 Å². The fourth-order valence-electron chi connectivity index (χ4n) is 1.57. The molecule has 0 unspecified atom stereocenters. The van der Waals surface area contributed by atoms with Gasteiger partial charge in [-0.1, -0.05) is 46.4 Å². The molecule has 2 rings (SSSR count). The molecule has 0 aliphatic heterocycles. The molecule has 0 bridgehead atoms. The zero-order valence-electron chi connectivity index (χ0n) is 10.8. The maximum Gasteiger partial charge on any atom is 0.349 e. The third-order valence-electron chi connectivity index (χ3n) is 2.68. The number of benzene rings is 2. The Morgan fingerprint density at radius 1 is 0.750 bits per heavy atom. The first-order valence-corrected chi connectivity index (χ1v) is 7.15. The van der Waals surface area contributed by atoms with Crippen LogP contribution in [0.2, 0.25) is 20.1 Å². The first-order chi connectivity index (χ1) is 11.1. The van der Waals surface area contributed by atoms with Gasteiger partial charge in [-0.3, -0.25) is 0 Å². The molecule has 0 saturated heterocycles. The fraction of sp³-hybridized carbons (Fsp3) is 0. The number of hydrogen-bond acceptors (Lipinski definition) is 2. The number of hydrogen-bond donors (Lipinski definition) is 0. The highest BCUT2D eigenvalue weighted by atomic mass is 35.5. The lowest BCUT2D eigenvalue weighted by molar-refractivity contribution is 0.0721. The predicted molar refractivity (Wildman–Crippen MR) is 77.7 cm³/mol. The van der Waals surface area contributed by atoms with Crippen molar-refractivity contribution in [1.29, 1.82) is 0 Å². The number of esters is 1. The number of halogens is 9. The van der Waals surface area contributed by atoms with Crippen molar-refractivity contribution in [2.24, 2.45) is 0 Å². The molecule has 0 atom stereocenters. The topological polar surface area (TPSA) is 26.3 Å². The summed E-state index contributed by atoms with van der Waals surface area (Å²) >= 11 is 22.8. The smallest absolute Gasteiger partial charge is 0.349 e. The highest BCUT2D eigenvalue weighted by Gasteiger charge is 2.32. The van der Waals surface area contributed by atoms with E-state index in [1.807, 2.05) is 0 Å². The second kappa shape index (κ2) is 6.92. The SMILES string of the molecule is O=C(Oc1c(Cl)cc(Cl)c(Cl)c1Cl)c1c(F)c(F)c(F)c(F)c1F. The van der Waals surface area contributed by atoms with E-state index in [1.54, 1.807) is 0 Å². The quantitative estimate of drug-likeness (QED) is 0.188. The van der Waals surface area contributed by atoms with Crippen molar-refractivity contribution in [3.8, 4) is 5.75 Å². The van der Waals surface area contributed by atoms with Crippen LogP contribution >= 0.6 is 46.4 Å². The normalized spacial score (nSPS) is 10.9. The average Bonchev–Trinajstić information content (AvgIpc) is 2.53. The maximum absolute atomic E-state index is 13.6. The van der Waals surface area contributed by atoms with Gasteiger partial charge in [-0.15, -0.1) is 0 Å². The van der Waals surface area contributed by atoms with Crippen molar-refractivity contribution in [3.05, 3.63) is 60.8 Å². The van der Waals surface area contributed by atoms with E-state index in [2.05, 4.69) is 4.74 Å². The summed E-state index contributed by atoms with van der Waals surface area (Å²) in [7, 11) is 0. The van der Waals surface area contributed by atoms with Gasteiger partial charge in [0.25, 0.3) is 0 Å². The Morgan fingerprint density at radius 2 is 1.21 bits per heavy atom. The molecule has 11 heteroatoms. The van der Waals surface area contributed by atoms with Crippen molar-refractivity contribution in [1.82, 2.24) is 0 Å². The molecule has 0 amide bonds. The third kappa shape index (κ3) is 3.13. The van der Waals surface area contributed by atoms with Gasteiger partial charge < -0.3 is 4.74 Å². The van der Waals surface area contributed by atoms with Gasteiger partial charge >= 0.3 is 5.97 Å². The van der Waals surface area contributed by atoms with E-state index in [4.69, 9.17) is 46.4 Å². The first-order valence-electron chi connectivity index (χ1n) is 5.64. The van der Waals surface area contributed by atoms with E-state index in [0.717, 1.165) is 6.07 Å². The van der Waals surface area contributed by atoms with Crippen LogP contribution in [-0.4, -0.2) is 5.97 Å². The molecule has 0 saturated carbocycles. The minimum absolute atomic E-state index is 0.123. The molecule has 0 heterocycles. The Balaban J connectivity index is 2.56. The van der Waals surface area contributed by atoms with E-state index in [9.17, 15) is 26.7 Å². The average molecular weight is 426 g/mol. The number of carbonyl (C=O) groups is 1. The van der Waals surface area contributed by atoms with Crippen LogP contribution in [0.25, 0.3) is 0 Å². The van der Waals surface area contributed by atoms with E-state index in [-0.39, 0.29) is 15.1 Å². The fourth-order valence-corrected chi connectivity index (χ4v) is 2.55. The Hall–Kier alpha value is -1.28. The van der Waals surface area contributed by atoms with Gasteiger partial charge in [-0.25, -0.2) is 26.7 Å². The second-order valence-electron chi connectivity index (χ2n) is 4.13. The molecule has 2 aromatic carbocycles. The molecule has 0 radical (unpaired) electrons. The summed E-state index contributed by atoms with van der Waals surface area (Å²) in [5.74, 6) is -14.4. The molecule has 2 nitrogen and oxygen atoms in total. The predicted octanol–water partition coefficient (Wildman–Crippen LogP) is 6.21. The lowest BCUT2D eigenvalue weighted by Gasteiger charge is -2.12. The van der Waals surface area contributed by atoms with Gasteiger partial charge in [0, 0.05) is 0 Å². The number of rotatable bonds is 2. The largest absolute Gasteiger partial charge is 0.420 e. The molecule has 0 fully saturated rings. The van der Waals surface area contributed by atoms with Gasteiger partial charge in [-0.2, -0.15) is 0 Å². The Kier molecular flexibility index (Phi) is 5.49. The Bertz CT molecular complexity index is 843. The molecule has 24 heavy (non-hydrogen) atoms. The molecule has 0 aliphatic rings. The lowest BCUT2D eigenvalue weighted by Crippen LogP contribution is -2.17. The molecule has 0 aromatic heterocycles. The first kappa shape index (κ1) is 19.1. The zero-order chi connectivity index (χ0) is 18.3. The molecule has 0 N–H and O–H groups in total.